The molecule has 20 heavy (non-hydrogen) atoms. The van der Waals surface area contributed by atoms with Crippen LogP contribution in [0.2, 0.25) is 0 Å². The van der Waals surface area contributed by atoms with Crippen molar-refractivity contribution in [2.45, 2.75) is 6.92 Å². The van der Waals surface area contributed by atoms with Gasteiger partial charge in [-0.15, -0.1) is 0 Å². The highest BCUT2D eigenvalue weighted by atomic mass is 16.5. The summed E-state index contributed by atoms with van der Waals surface area (Å²) in [5.41, 5.74) is 1.95. The molecule has 1 N–H and O–H groups in total. The molecule has 0 bridgehead atoms. The largest absolute Gasteiger partial charge is 0.497 e. The summed E-state index contributed by atoms with van der Waals surface area (Å²) in [7, 11) is 1.62. The van der Waals surface area contributed by atoms with E-state index < -0.39 is 0 Å². The van der Waals surface area contributed by atoms with E-state index in [2.05, 4.69) is 15.0 Å². The molecule has 3 aromatic rings. The van der Waals surface area contributed by atoms with Gasteiger partial charge in [0.25, 0.3) is 5.56 Å². The summed E-state index contributed by atoms with van der Waals surface area (Å²) in [6.45, 7) is 1.81. The topological polar surface area (TPSA) is 67.9 Å². The maximum Gasteiger partial charge on any atom is 0.259 e. The first-order chi connectivity index (χ1) is 9.69. The Labute approximate surface area is 115 Å². The highest BCUT2D eigenvalue weighted by Gasteiger charge is 2.11. The number of benzene rings is 1. The van der Waals surface area contributed by atoms with E-state index in [-0.39, 0.29) is 5.56 Å². The molecule has 0 fully saturated rings. The van der Waals surface area contributed by atoms with Crippen LogP contribution in [0.15, 0.2) is 41.3 Å². The van der Waals surface area contributed by atoms with Gasteiger partial charge in [0, 0.05) is 11.8 Å². The lowest BCUT2D eigenvalue weighted by Gasteiger charge is -2.07. The van der Waals surface area contributed by atoms with Crippen LogP contribution in [0.1, 0.15) is 5.82 Å². The summed E-state index contributed by atoms with van der Waals surface area (Å²) in [6, 6.07) is 9.23. The third-order valence-electron chi connectivity index (χ3n) is 3.09. The summed E-state index contributed by atoms with van der Waals surface area (Å²) in [6.07, 6.45) is 1.59. The molecule has 0 aliphatic rings. The van der Waals surface area contributed by atoms with Crippen LogP contribution in [-0.4, -0.2) is 22.1 Å². The number of methoxy groups -OCH3 is 1. The molecule has 0 unspecified atom stereocenters. The van der Waals surface area contributed by atoms with Gasteiger partial charge in [0.05, 0.1) is 23.7 Å². The second-order valence-corrected chi connectivity index (χ2v) is 4.41. The van der Waals surface area contributed by atoms with E-state index in [9.17, 15) is 4.79 Å². The number of aromatic amines is 1. The van der Waals surface area contributed by atoms with E-state index in [4.69, 9.17) is 4.74 Å². The molecular weight excluding hydrogens is 254 g/mol. The lowest BCUT2D eigenvalue weighted by atomic mass is 10.1. The monoisotopic (exact) mass is 267 g/mol. The van der Waals surface area contributed by atoms with Crippen LogP contribution >= 0.6 is 0 Å². The van der Waals surface area contributed by atoms with E-state index in [0.29, 0.717) is 22.4 Å². The van der Waals surface area contributed by atoms with E-state index in [1.165, 1.54) is 0 Å². The number of nitrogens with zero attached hydrogens (tertiary/aromatic N) is 2. The predicted octanol–water partition coefficient (Wildman–Crippen LogP) is 2.30. The lowest BCUT2D eigenvalue weighted by molar-refractivity contribution is 0.415. The molecule has 0 saturated carbocycles. The average Bonchev–Trinajstić information content (AvgIpc) is 2.46. The van der Waals surface area contributed by atoms with Gasteiger partial charge in [0.1, 0.15) is 11.6 Å². The molecule has 0 radical (unpaired) electrons. The molecule has 0 aliphatic heterocycles. The van der Waals surface area contributed by atoms with Crippen molar-refractivity contribution < 1.29 is 4.74 Å². The lowest BCUT2D eigenvalue weighted by Crippen LogP contribution is -2.09. The van der Waals surface area contributed by atoms with Crippen LogP contribution in [0.25, 0.3) is 22.2 Å². The normalized spacial score (nSPS) is 10.7. The number of hydrogen-bond donors (Lipinski definition) is 1. The smallest absolute Gasteiger partial charge is 0.259 e. The van der Waals surface area contributed by atoms with Crippen LogP contribution in [0.5, 0.6) is 5.75 Å². The molecule has 0 saturated heterocycles. The van der Waals surface area contributed by atoms with Crippen LogP contribution in [0.3, 0.4) is 0 Å². The van der Waals surface area contributed by atoms with Crippen molar-refractivity contribution in [3.8, 4) is 17.0 Å². The number of pyridine rings is 1. The molecule has 5 heteroatoms. The fourth-order valence-electron chi connectivity index (χ4n) is 2.16. The number of nitrogens with one attached hydrogen (secondary N) is 1. The molecule has 1 aromatic carbocycles. The third-order valence-corrected chi connectivity index (χ3v) is 3.09. The van der Waals surface area contributed by atoms with Gasteiger partial charge in [-0.3, -0.25) is 4.79 Å². The fourth-order valence-corrected chi connectivity index (χ4v) is 2.16. The molecule has 2 heterocycles. The molecule has 0 amide bonds. The molecule has 3 rings (SSSR count). The number of fused-ring (bicyclic) bond motifs is 1. The first-order valence-electron chi connectivity index (χ1n) is 6.19. The zero-order chi connectivity index (χ0) is 14.1. The van der Waals surface area contributed by atoms with Crippen molar-refractivity contribution in [1.82, 2.24) is 15.0 Å². The first kappa shape index (κ1) is 12.3. The van der Waals surface area contributed by atoms with Crippen molar-refractivity contribution in [2.24, 2.45) is 0 Å². The minimum atomic E-state index is -0.187. The van der Waals surface area contributed by atoms with Gasteiger partial charge in [0.2, 0.25) is 0 Å². The maximum absolute atomic E-state index is 12.0. The molecule has 5 nitrogen and oxygen atoms in total. The standard InChI is InChI=1S/C15H13N3O2/c1-9-17-12-7-8-16-15(19)13(12)14(18-9)10-3-5-11(20-2)6-4-10/h3-8H,1-2H3,(H,16,19). The van der Waals surface area contributed by atoms with Gasteiger partial charge >= 0.3 is 0 Å². The fraction of sp³-hybridized carbons (Fsp3) is 0.133. The van der Waals surface area contributed by atoms with E-state index in [1.54, 1.807) is 19.4 Å². The van der Waals surface area contributed by atoms with E-state index in [0.717, 1.165) is 11.3 Å². The Morgan fingerprint density at radius 2 is 1.85 bits per heavy atom. The van der Waals surface area contributed by atoms with Crippen molar-refractivity contribution in [3.63, 3.8) is 0 Å². The van der Waals surface area contributed by atoms with Crippen LogP contribution < -0.4 is 10.3 Å². The minimum Gasteiger partial charge on any atom is -0.497 e. The number of aromatic nitrogens is 3. The Morgan fingerprint density at radius 3 is 2.55 bits per heavy atom. The highest BCUT2D eigenvalue weighted by Crippen LogP contribution is 2.25. The molecule has 100 valence electrons. The molecule has 0 spiro atoms. The first-order valence-corrected chi connectivity index (χ1v) is 6.19. The Morgan fingerprint density at radius 1 is 1.10 bits per heavy atom. The number of hydrogen-bond acceptors (Lipinski definition) is 4. The number of ether oxygens (including phenoxy) is 1. The summed E-state index contributed by atoms with van der Waals surface area (Å²) in [5.74, 6) is 1.40. The number of H-pyrrole nitrogens is 1. The number of aryl methyl sites for hydroxylation is 1. The quantitative estimate of drug-likeness (QED) is 0.773. The molecule has 0 atom stereocenters. The zero-order valence-electron chi connectivity index (χ0n) is 11.2. The second-order valence-electron chi connectivity index (χ2n) is 4.41. The summed E-state index contributed by atoms with van der Waals surface area (Å²) < 4.78 is 5.14. The van der Waals surface area contributed by atoms with Crippen molar-refractivity contribution in [3.05, 3.63) is 52.7 Å². The van der Waals surface area contributed by atoms with Gasteiger partial charge in [-0.1, -0.05) is 0 Å². The number of rotatable bonds is 2. The van der Waals surface area contributed by atoms with Crippen molar-refractivity contribution >= 4 is 10.9 Å². The predicted molar refractivity (Wildman–Crippen MR) is 76.9 cm³/mol. The summed E-state index contributed by atoms with van der Waals surface area (Å²) in [4.78, 5) is 23.4. The highest BCUT2D eigenvalue weighted by molar-refractivity contribution is 5.91. The summed E-state index contributed by atoms with van der Waals surface area (Å²) in [5, 5.41) is 0.503. The van der Waals surface area contributed by atoms with Gasteiger partial charge in [-0.25, -0.2) is 9.97 Å². The molecule has 0 aliphatic carbocycles. The van der Waals surface area contributed by atoms with Crippen molar-refractivity contribution in [2.75, 3.05) is 7.11 Å². The third kappa shape index (κ3) is 2.03. The van der Waals surface area contributed by atoms with Crippen LogP contribution in [0, 0.1) is 6.92 Å². The Kier molecular flexibility index (Phi) is 2.95. The zero-order valence-corrected chi connectivity index (χ0v) is 11.2. The average molecular weight is 267 g/mol. The Balaban J connectivity index is 2.31. The van der Waals surface area contributed by atoms with Gasteiger partial charge in [-0.05, 0) is 37.3 Å². The Hall–Kier alpha value is -2.69. The van der Waals surface area contributed by atoms with Gasteiger partial charge < -0.3 is 9.72 Å². The van der Waals surface area contributed by atoms with Crippen LogP contribution in [-0.2, 0) is 0 Å². The van der Waals surface area contributed by atoms with E-state index in [1.807, 2.05) is 31.2 Å². The Bertz CT molecular complexity index is 823. The van der Waals surface area contributed by atoms with E-state index >= 15 is 0 Å². The second kappa shape index (κ2) is 4.77. The minimum absolute atomic E-state index is 0.187. The molecular formula is C15H13N3O2. The van der Waals surface area contributed by atoms with Gasteiger partial charge in [0.15, 0.2) is 0 Å². The van der Waals surface area contributed by atoms with Crippen molar-refractivity contribution in [1.29, 1.82) is 0 Å². The summed E-state index contributed by atoms with van der Waals surface area (Å²) >= 11 is 0. The maximum atomic E-state index is 12.0. The van der Waals surface area contributed by atoms with Crippen LogP contribution in [0.4, 0.5) is 0 Å². The SMILES string of the molecule is COc1ccc(-c2nc(C)nc3cc[nH]c(=O)c23)cc1. The molecule has 2 aromatic heterocycles. The van der Waals surface area contributed by atoms with Gasteiger partial charge in [-0.2, -0.15) is 0 Å².